The van der Waals surface area contributed by atoms with Crippen LogP contribution in [0.5, 0.6) is 0 Å². The first kappa shape index (κ1) is 19.2. The molecule has 0 spiro atoms. The highest BCUT2D eigenvalue weighted by Gasteiger charge is 2.02. The van der Waals surface area contributed by atoms with Crippen LogP contribution in [-0.4, -0.2) is 34.4 Å². The number of rotatable bonds is 8. The third-order valence-corrected chi connectivity index (χ3v) is 2.40. The summed E-state index contributed by atoms with van der Waals surface area (Å²) in [5.41, 5.74) is 0. The Hall–Kier alpha value is -1.10. The fraction of sp³-hybridized carbons (Fsp3) is 0.846. The molecule has 5 heteroatoms. The van der Waals surface area contributed by atoms with Gasteiger partial charge in [0.05, 0.1) is 12.2 Å². The van der Waals surface area contributed by atoms with Crippen molar-refractivity contribution in [2.45, 2.75) is 72.0 Å². The van der Waals surface area contributed by atoms with Gasteiger partial charge in [-0.25, -0.2) is 0 Å². The van der Waals surface area contributed by atoms with Crippen molar-refractivity contribution in [3.05, 3.63) is 0 Å². The first-order valence-electron chi connectivity index (χ1n) is 6.42. The molecule has 0 rings (SSSR count). The minimum absolute atomic E-state index is 0.0632. The molecule has 0 heterocycles. The number of ether oxygens (including phenoxy) is 1. The molecule has 0 saturated carbocycles. The van der Waals surface area contributed by atoms with E-state index in [9.17, 15) is 9.59 Å². The Labute approximate surface area is 109 Å². The van der Waals surface area contributed by atoms with Gasteiger partial charge in [-0.05, 0) is 33.1 Å². The van der Waals surface area contributed by atoms with Gasteiger partial charge in [0, 0.05) is 12.8 Å². The molecule has 0 aromatic heterocycles. The van der Waals surface area contributed by atoms with Crippen LogP contribution in [0.2, 0.25) is 0 Å². The Morgan fingerprint density at radius 3 is 1.50 bits per heavy atom. The fourth-order valence-electron chi connectivity index (χ4n) is 0.980. The number of carboxylic acid groups (broad SMARTS) is 2. The van der Waals surface area contributed by atoms with Crippen molar-refractivity contribution in [1.82, 2.24) is 0 Å². The van der Waals surface area contributed by atoms with Crippen LogP contribution in [-0.2, 0) is 14.3 Å². The summed E-state index contributed by atoms with van der Waals surface area (Å²) < 4.78 is 5.55. The average molecular weight is 262 g/mol. The molecule has 18 heavy (non-hydrogen) atoms. The first-order chi connectivity index (χ1) is 8.33. The lowest BCUT2D eigenvalue weighted by atomic mass is 10.2. The molecule has 0 bridgehead atoms. The van der Waals surface area contributed by atoms with Gasteiger partial charge in [0.15, 0.2) is 0 Å². The molecule has 0 amide bonds. The number of carboxylic acids is 2. The van der Waals surface area contributed by atoms with Gasteiger partial charge < -0.3 is 14.9 Å². The van der Waals surface area contributed by atoms with E-state index in [0.29, 0.717) is 12.2 Å². The van der Waals surface area contributed by atoms with E-state index in [1.165, 1.54) is 0 Å². The molecule has 2 atom stereocenters. The van der Waals surface area contributed by atoms with Crippen molar-refractivity contribution in [2.75, 3.05) is 0 Å². The van der Waals surface area contributed by atoms with Crippen molar-refractivity contribution in [2.24, 2.45) is 0 Å². The maximum absolute atomic E-state index is 9.79. The second kappa shape index (κ2) is 12.4. The van der Waals surface area contributed by atoms with E-state index < -0.39 is 11.9 Å². The predicted molar refractivity (Wildman–Crippen MR) is 69.7 cm³/mol. The molecular weight excluding hydrogens is 236 g/mol. The Kier molecular flexibility index (Phi) is 13.2. The van der Waals surface area contributed by atoms with Gasteiger partial charge in [-0.2, -0.15) is 0 Å². The average Bonchev–Trinajstić information content (AvgIpc) is 2.28. The molecule has 0 fully saturated rings. The highest BCUT2D eigenvalue weighted by Crippen LogP contribution is 2.03. The van der Waals surface area contributed by atoms with Gasteiger partial charge in [-0.3, -0.25) is 9.59 Å². The van der Waals surface area contributed by atoms with Crippen LogP contribution in [0.1, 0.15) is 59.8 Å². The van der Waals surface area contributed by atoms with Crippen LogP contribution >= 0.6 is 0 Å². The number of carbonyl (C=O) groups is 2. The highest BCUT2D eigenvalue weighted by molar-refractivity contribution is 5.69. The number of aliphatic carboxylic acids is 2. The summed E-state index contributed by atoms with van der Waals surface area (Å²) >= 11 is 0. The van der Waals surface area contributed by atoms with Crippen LogP contribution < -0.4 is 0 Å². The molecule has 0 saturated heterocycles. The van der Waals surface area contributed by atoms with Crippen molar-refractivity contribution >= 4 is 11.9 Å². The number of hydrogen-bond donors (Lipinski definition) is 2. The molecule has 0 aliphatic rings. The second-order valence-corrected chi connectivity index (χ2v) is 4.21. The van der Waals surface area contributed by atoms with Crippen molar-refractivity contribution in [3.8, 4) is 0 Å². The van der Waals surface area contributed by atoms with Crippen LogP contribution in [0.4, 0.5) is 0 Å². The Bertz CT molecular complexity index is 205. The SMILES string of the molecule is CCC(C)OC(C)CC.O=C(O)CCCC(=O)O. The molecule has 0 radical (unpaired) electrons. The van der Waals surface area contributed by atoms with Gasteiger partial charge in [0.2, 0.25) is 0 Å². The molecule has 5 nitrogen and oxygen atoms in total. The van der Waals surface area contributed by atoms with Crippen molar-refractivity contribution < 1.29 is 24.5 Å². The molecule has 0 aliphatic heterocycles. The monoisotopic (exact) mass is 262 g/mol. The lowest BCUT2D eigenvalue weighted by molar-refractivity contribution is -0.138. The first-order valence-corrected chi connectivity index (χ1v) is 6.42. The lowest BCUT2D eigenvalue weighted by Gasteiger charge is -2.15. The largest absolute Gasteiger partial charge is 0.481 e. The predicted octanol–water partition coefficient (Wildman–Crippen LogP) is 2.93. The van der Waals surface area contributed by atoms with Gasteiger partial charge >= 0.3 is 11.9 Å². The van der Waals surface area contributed by atoms with E-state index in [1.807, 2.05) is 0 Å². The molecule has 0 aliphatic carbocycles. The number of hydrogen-bond acceptors (Lipinski definition) is 3. The van der Waals surface area contributed by atoms with E-state index in [2.05, 4.69) is 27.7 Å². The van der Waals surface area contributed by atoms with Gasteiger partial charge in [0.1, 0.15) is 0 Å². The van der Waals surface area contributed by atoms with E-state index in [4.69, 9.17) is 14.9 Å². The Balaban J connectivity index is 0. The lowest BCUT2D eigenvalue weighted by Crippen LogP contribution is -2.14. The van der Waals surface area contributed by atoms with Gasteiger partial charge in [0.25, 0.3) is 0 Å². The van der Waals surface area contributed by atoms with Crippen LogP contribution in [0.15, 0.2) is 0 Å². The third kappa shape index (κ3) is 17.3. The summed E-state index contributed by atoms with van der Waals surface area (Å²) in [6, 6.07) is 0. The molecule has 2 unspecified atom stereocenters. The maximum Gasteiger partial charge on any atom is 0.303 e. The minimum atomic E-state index is -0.948. The maximum atomic E-state index is 9.79. The zero-order valence-electron chi connectivity index (χ0n) is 11.8. The Morgan fingerprint density at radius 2 is 1.28 bits per heavy atom. The van der Waals surface area contributed by atoms with Crippen LogP contribution in [0.25, 0.3) is 0 Å². The minimum Gasteiger partial charge on any atom is -0.481 e. The van der Waals surface area contributed by atoms with E-state index in [0.717, 1.165) is 12.8 Å². The summed E-state index contributed by atoms with van der Waals surface area (Å²) in [5.74, 6) is -1.90. The molecule has 108 valence electrons. The van der Waals surface area contributed by atoms with Crippen molar-refractivity contribution in [3.63, 3.8) is 0 Å². The van der Waals surface area contributed by atoms with E-state index in [1.54, 1.807) is 0 Å². The normalized spacial score (nSPS) is 13.1. The standard InChI is InChI=1S/C8H18O.C5H8O4/c1-5-7(3)9-8(4)6-2;6-4(7)2-1-3-5(8)9/h7-8H,5-6H2,1-4H3;1-3H2,(H,6,7)(H,8,9). The summed E-state index contributed by atoms with van der Waals surface area (Å²) in [4.78, 5) is 19.6. The topological polar surface area (TPSA) is 83.8 Å². The summed E-state index contributed by atoms with van der Waals surface area (Å²) in [7, 11) is 0. The quantitative estimate of drug-likeness (QED) is 0.702. The smallest absolute Gasteiger partial charge is 0.303 e. The second-order valence-electron chi connectivity index (χ2n) is 4.21. The molecule has 2 N–H and O–H groups in total. The van der Waals surface area contributed by atoms with E-state index >= 15 is 0 Å². The fourth-order valence-corrected chi connectivity index (χ4v) is 0.980. The summed E-state index contributed by atoms with van der Waals surface area (Å²) in [6.45, 7) is 8.53. The summed E-state index contributed by atoms with van der Waals surface area (Å²) in [6.07, 6.45) is 3.18. The Morgan fingerprint density at radius 1 is 0.944 bits per heavy atom. The van der Waals surface area contributed by atoms with Crippen molar-refractivity contribution in [1.29, 1.82) is 0 Å². The van der Waals surface area contributed by atoms with Crippen LogP contribution in [0.3, 0.4) is 0 Å². The molecular formula is C13H26O5. The highest BCUT2D eigenvalue weighted by atomic mass is 16.5. The zero-order valence-corrected chi connectivity index (χ0v) is 11.8. The summed E-state index contributed by atoms with van der Waals surface area (Å²) in [5, 5.41) is 16.1. The third-order valence-electron chi connectivity index (χ3n) is 2.40. The zero-order chi connectivity index (χ0) is 14.6. The van der Waals surface area contributed by atoms with E-state index in [-0.39, 0.29) is 19.3 Å². The van der Waals surface area contributed by atoms with Crippen LogP contribution in [0, 0.1) is 0 Å². The van der Waals surface area contributed by atoms with Gasteiger partial charge in [-0.15, -0.1) is 0 Å². The molecule has 0 aromatic carbocycles. The molecule has 0 aromatic rings. The van der Waals surface area contributed by atoms with Gasteiger partial charge in [-0.1, -0.05) is 13.8 Å².